The number of methoxy groups -OCH3 is 1. The van der Waals surface area contributed by atoms with Crippen LogP contribution in [0.3, 0.4) is 0 Å². The standard InChI is InChI=1S/C18H21NO2S/c1-21-18(20)16-13-15(14-9-5-4-6-10-14)17(22-16)19-11-7-2-3-8-12-19/h4-6,9-10,13H,2-3,7-8,11-12H2,1H3. The maximum atomic E-state index is 11.9. The van der Waals surface area contributed by atoms with Crippen LogP contribution in [0.15, 0.2) is 36.4 Å². The van der Waals surface area contributed by atoms with Crippen LogP contribution >= 0.6 is 11.3 Å². The third-order valence-electron chi connectivity index (χ3n) is 4.08. The van der Waals surface area contributed by atoms with Crippen LogP contribution in [-0.4, -0.2) is 26.2 Å². The van der Waals surface area contributed by atoms with Crippen molar-refractivity contribution in [2.75, 3.05) is 25.1 Å². The van der Waals surface area contributed by atoms with Crippen molar-refractivity contribution in [2.45, 2.75) is 25.7 Å². The number of carbonyl (C=O) groups excluding carboxylic acids is 1. The SMILES string of the molecule is COC(=O)c1cc(-c2ccccc2)c(N2CCCCCC2)s1. The molecule has 1 aromatic carbocycles. The van der Waals surface area contributed by atoms with Gasteiger partial charge in [-0.25, -0.2) is 4.79 Å². The Kier molecular flexibility index (Phi) is 4.78. The molecule has 0 aliphatic carbocycles. The Morgan fingerprint density at radius 2 is 1.77 bits per heavy atom. The molecule has 2 aromatic rings. The number of hydrogen-bond donors (Lipinski definition) is 0. The van der Waals surface area contributed by atoms with Crippen LogP contribution in [0, 0.1) is 0 Å². The third-order valence-corrected chi connectivity index (χ3v) is 5.25. The fourth-order valence-corrected chi connectivity index (χ4v) is 4.07. The third kappa shape index (κ3) is 3.17. The summed E-state index contributed by atoms with van der Waals surface area (Å²) < 4.78 is 4.91. The molecule has 1 aromatic heterocycles. The minimum Gasteiger partial charge on any atom is -0.465 e. The van der Waals surface area contributed by atoms with Crippen molar-refractivity contribution < 1.29 is 9.53 Å². The highest BCUT2D eigenvalue weighted by Gasteiger charge is 2.21. The summed E-state index contributed by atoms with van der Waals surface area (Å²) in [6.07, 6.45) is 5.04. The summed E-state index contributed by atoms with van der Waals surface area (Å²) in [4.78, 5) is 15.0. The number of thiophene rings is 1. The van der Waals surface area contributed by atoms with Crippen LogP contribution in [0.2, 0.25) is 0 Å². The highest BCUT2D eigenvalue weighted by atomic mass is 32.1. The van der Waals surface area contributed by atoms with Gasteiger partial charge in [0, 0.05) is 18.7 Å². The normalized spacial score (nSPS) is 15.4. The van der Waals surface area contributed by atoms with Crippen LogP contribution in [0.5, 0.6) is 0 Å². The number of ether oxygens (including phenoxy) is 1. The lowest BCUT2D eigenvalue weighted by molar-refractivity contribution is 0.0606. The predicted octanol–water partition coefficient (Wildman–Crippen LogP) is 4.58. The largest absolute Gasteiger partial charge is 0.465 e. The maximum Gasteiger partial charge on any atom is 0.348 e. The van der Waals surface area contributed by atoms with Crippen molar-refractivity contribution in [1.82, 2.24) is 0 Å². The Hall–Kier alpha value is -1.81. The number of esters is 1. The van der Waals surface area contributed by atoms with Gasteiger partial charge in [-0.3, -0.25) is 0 Å². The van der Waals surface area contributed by atoms with E-state index in [0.29, 0.717) is 4.88 Å². The smallest absolute Gasteiger partial charge is 0.348 e. The second-order valence-corrected chi connectivity index (χ2v) is 6.62. The highest BCUT2D eigenvalue weighted by molar-refractivity contribution is 7.18. The van der Waals surface area contributed by atoms with Crippen molar-refractivity contribution in [3.8, 4) is 11.1 Å². The second kappa shape index (κ2) is 6.97. The minimum atomic E-state index is -0.247. The number of benzene rings is 1. The van der Waals surface area contributed by atoms with Gasteiger partial charge in [0.2, 0.25) is 0 Å². The molecule has 1 saturated heterocycles. The molecule has 3 nitrogen and oxygen atoms in total. The number of anilines is 1. The van der Waals surface area contributed by atoms with Crippen LogP contribution in [0.4, 0.5) is 5.00 Å². The van der Waals surface area contributed by atoms with Gasteiger partial charge in [-0.2, -0.15) is 0 Å². The van der Waals surface area contributed by atoms with E-state index < -0.39 is 0 Å². The zero-order valence-electron chi connectivity index (χ0n) is 12.9. The molecule has 0 amide bonds. The van der Waals surface area contributed by atoms with E-state index in [1.807, 2.05) is 24.3 Å². The zero-order valence-corrected chi connectivity index (χ0v) is 13.7. The fraction of sp³-hybridized carbons (Fsp3) is 0.389. The van der Waals surface area contributed by atoms with E-state index >= 15 is 0 Å². The molecule has 0 saturated carbocycles. The molecule has 0 N–H and O–H groups in total. The van der Waals surface area contributed by atoms with E-state index in [-0.39, 0.29) is 5.97 Å². The fourth-order valence-electron chi connectivity index (χ4n) is 2.92. The first-order chi connectivity index (χ1) is 10.8. The molecule has 2 heterocycles. The van der Waals surface area contributed by atoms with Crippen LogP contribution in [-0.2, 0) is 4.74 Å². The van der Waals surface area contributed by atoms with Crippen LogP contribution in [0.1, 0.15) is 35.4 Å². The van der Waals surface area contributed by atoms with Gasteiger partial charge < -0.3 is 9.64 Å². The summed E-state index contributed by atoms with van der Waals surface area (Å²) in [5, 5.41) is 1.20. The van der Waals surface area contributed by atoms with Gasteiger partial charge in [0.25, 0.3) is 0 Å². The van der Waals surface area contributed by atoms with Gasteiger partial charge in [0.05, 0.1) is 12.1 Å². The first-order valence-corrected chi connectivity index (χ1v) is 8.64. The molecule has 0 unspecified atom stereocenters. The zero-order chi connectivity index (χ0) is 15.4. The monoisotopic (exact) mass is 315 g/mol. The summed E-state index contributed by atoms with van der Waals surface area (Å²) >= 11 is 1.55. The molecular weight excluding hydrogens is 294 g/mol. The molecule has 22 heavy (non-hydrogen) atoms. The van der Waals surface area contributed by atoms with E-state index in [2.05, 4.69) is 17.0 Å². The highest BCUT2D eigenvalue weighted by Crippen LogP contribution is 2.40. The summed E-state index contributed by atoms with van der Waals surface area (Å²) in [7, 11) is 1.44. The Morgan fingerprint density at radius 1 is 1.09 bits per heavy atom. The summed E-state index contributed by atoms with van der Waals surface area (Å²) in [6.45, 7) is 2.14. The molecule has 0 spiro atoms. The van der Waals surface area contributed by atoms with Gasteiger partial charge in [-0.05, 0) is 24.5 Å². The maximum absolute atomic E-state index is 11.9. The lowest BCUT2D eigenvalue weighted by Gasteiger charge is -2.22. The number of carbonyl (C=O) groups is 1. The molecule has 116 valence electrons. The Balaban J connectivity index is 2.02. The lowest BCUT2D eigenvalue weighted by atomic mass is 10.1. The van der Waals surface area contributed by atoms with Crippen molar-refractivity contribution in [3.63, 3.8) is 0 Å². The predicted molar refractivity (Wildman–Crippen MR) is 91.8 cm³/mol. The summed E-state index contributed by atoms with van der Waals surface area (Å²) in [5.74, 6) is -0.247. The lowest BCUT2D eigenvalue weighted by Crippen LogP contribution is -2.23. The van der Waals surface area contributed by atoms with Gasteiger partial charge >= 0.3 is 5.97 Å². The molecule has 1 fully saturated rings. The first-order valence-electron chi connectivity index (χ1n) is 7.82. The number of nitrogens with zero attached hydrogens (tertiary/aromatic N) is 1. The average molecular weight is 315 g/mol. The van der Waals surface area contributed by atoms with Gasteiger partial charge in [-0.1, -0.05) is 43.2 Å². The number of rotatable bonds is 3. The molecule has 0 atom stereocenters. The first kappa shape index (κ1) is 15.1. The van der Waals surface area contributed by atoms with E-state index in [4.69, 9.17) is 4.74 Å². The summed E-state index contributed by atoms with van der Waals surface area (Å²) in [6, 6.07) is 12.3. The quantitative estimate of drug-likeness (QED) is 0.776. The topological polar surface area (TPSA) is 29.5 Å². The van der Waals surface area contributed by atoms with E-state index in [9.17, 15) is 4.79 Å². The molecule has 0 radical (unpaired) electrons. The van der Waals surface area contributed by atoms with E-state index in [1.165, 1.54) is 37.8 Å². The van der Waals surface area contributed by atoms with Gasteiger partial charge in [0.15, 0.2) is 0 Å². The Labute approximate surface area is 135 Å². The molecule has 0 bridgehead atoms. The van der Waals surface area contributed by atoms with Crippen molar-refractivity contribution in [2.24, 2.45) is 0 Å². The molecule has 1 aliphatic rings. The van der Waals surface area contributed by atoms with Gasteiger partial charge in [-0.15, -0.1) is 11.3 Å². The van der Waals surface area contributed by atoms with Gasteiger partial charge in [0.1, 0.15) is 4.88 Å². The molecular formula is C18H21NO2S. The Morgan fingerprint density at radius 3 is 2.41 bits per heavy atom. The van der Waals surface area contributed by atoms with Crippen LogP contribution < -0.4 is 4.90 Å². The van der Waals surface area contributed by atoms with Crippen LogP contribution in [0.25, 0.3) is 11.1 Å². The van der Waals surface area contributed by atoms with Crippen molar-refractivity contribution in [3.05, 3.63) is 41.3 Å². The van der Waals surface area contributed by atoms with E-state index in [0.717, 1.165) is 24.2 Å². The number of hydrogen-bond acceptors (Lipinski definition) is 4. The van der Waals surface area contributed by atoms with Crippen molar-refractivity contribution >= 4 is 22.3 Å². The molecule has 1 aliphatic heterocycles. The Bertz CT molecular complexity index is 628. The molecule has 3 rings (SSSR count). The summed E-state index contributed by atoms with van der Waals surface area (Å²) in [5.41, 5.74) is 2.31. The minimum absolute atomic E-state index is 0.247. The van der Waals surface area contributed by atoms with Crippen molar-refractivity contribution in [1.29, 1.82) is 0 Å². The van der Waals surface area contributed by atoms with E-state index in [1.54, 1.807) is 11.3 Å². The average Bonchev–Trinajstić information content (AvgIpc) is 2.83. The second-order valence-electron chi connectivity index (χ2n) is 5.59. The molecule has 4 heteroatoms.